The van der Waals surface area contributed by atoms with Gasteiger partial charge in [0.15, 0.2) is 0 Å². The molecule has 2 rings (SSSR count). The smallest absolute Gasteiger partial charge is 0.150 e. The molecule has 1 heterocycles. The van der Waals surface area contributed by atoms with Crippen molar-refractivity contribution in [3.8, 4) is 6.07 Å². The predicted molar refractivity (Wildman–Crippen MR) is 72.6 cm³/mol. The van der Waals surface area contributed by atoms with Crippen molar-refractivity contribution in [1.82, 2.24) is 4.98 Å². The Morgan fingerprint density at radius 3 is 2.89 bits per heavy atom. The van der Waals surface area contributed by atoms with E-state index in [2.05, 4.69) is 27.0 Å². The standard InChI is InChI=1S/C13H7BrN2OS/c14-11-2-1-5-16-13(11)18-12-4-3-9(8-17)6-10(12)7-15/h1-6,8H. The van der Waals surface area contributed by atoms with Crippen molar-refractivity contribution in [3.63, 3.8) is 0 Å². The fourth-order valence-electron chi connectivity index (χ4n) is 1.35. The first-order chi connectivity index (χ1) is 8.74. The van der Waals surface area contributed by atoms with Crippen molar-refractivity contribution in [2.75, 3.05) is 0 Å². The summed E-state index contributed by atoms with van der Waals surface area (Å²) in [7, 11) is 0. The second-order valence-corrected chi connectivity index (χ2v) is 5.26. The van der Waals surface area contributed by atoms with Gasteiger partial charge in [0.1, 0.15) is 17.4 Å². The van der Waals surface area contributed by atoms with Crippen LogP contribution in [0.1, 0.15) is 15.9 Å². The van der Waals surface area contributed by atoms with Crippen LogP contribution in [0.25, 0.3) is 0 Å². The first-order valence-electron chi connectivity index (χ1n) is 5.02. The van der Waals surface area contributed by atoms with Gasteiger partial charge < -0.3 is 0 Å². The quantitative estimate of drug-likeness (QED) is 0.810. The average Bonchev–Trinajstić information content (AvgIpc) is 2.41. The largest absolute Gasteiger partial charge is 0.298 e. The molecule has 1 aromatic carbocycles. The van der Waals surface area contributed by atoms with Crippen LogP contribution in [0.4, 0.5) is 0 Å². The maximum absolute atomic E-state index is 10.7. The maximum atomic E-state index is 10.7. The summed E-state index contributed by atoms with van der Waals surface area (Å²) < 4.78 is 0.873. The zero-order valence-electron chi connectivity index (χ0n) is 9.13. The normalized spacial score (nSPS) is 9.78. The Morgan fingerprint density at radius 2 is 2.22 bits per heavy atom. The van der Waals surface area contributed by atoms with Gasteiger partial charge in [0.05, 0.1) is 10.0 Å². The molecule has 0 aliphatic rings. The van der Waals surface area contributed by atoms with Crippen LogP contribution in [0.3, 0.4) is 0 Å². The molecule has 0 atom stereocenters. The monoisotopic (exact) mass is 318 g/mol. The number of aromatic nitrogens is 1. The topological polar surface area (TPSA) is 53.8 Å². The van der Waals surface area contributed by atoms with E-state index in [9.17, 15) is 4.79 Å². The van der Waals surface area contributed by atoms with E-state index in [1.54, 1.807) is 24.4 Å². The number of hydrogen-bond acceptors (Lipinski definition) is 4. The zero-order chi connectivity index (χ0) is 13.0. The van der Waals surface area contributed by atoms with Gasteiger partial charge in [-0.25, -0.2) is 4.98 Å². The van der Waals surface area contributed by atoms with Gasteiger partial charge in [-0.3, -0.25) is 4.79 Å². The van der Waals surface area contributed by atoms with Crippen LogP contribution in [-0.4, -0.2) is 11.3 Å². The third-order valence-corrected chi connectivity index (χ3v) is 4.19. The van der Waals surface area contributed by atoms with Gasteiger partial charge in [-0.2, -0.15) is 5.26 Å². The van der Waals surface area contributed by atoms with Crippen LogP contribution in [-0.2, 0) is 0 Å². The Hall–Kier alpha value is -1.64. The zero-order valence-corrected chi connectivity index (χ0v) is 11.5. The van der Waals surface area contributed by atoms with Crippen LogP contribution in [0.15, 0.2) is 50.9 Å². The van der Waals surface area contributed by atoms with E-state index in [0.717, 1.165) is 20.7 Å². The molecule has 0 bridgehead atoms. The number of aldehydes is 1. The molecule has 3 nitrogen and oxygen atoms in total. The fraction of sp³-hybridized carbons (Fsp3) is 0. The third kappa shape index (κ3) is 2.78. The van der Waals surface area contributed by atoms with Gasteiger partial charge in [-0.1, -0.05) is 17.8 Å². The van der Waals surface area contributed by atoms with E-state index in [1.165, 1.54) is 11.8 Å². The Labute approximate surface area is 117 Å². The lowest BCUT2D eigenvalue weighted by atomic mass is 10.1. The fourth-order valence-corrected chi connectivity index (χ4v) is 2.68. The van der Waals surface area contributed by atoms with E-state index >= 15 is 0 Å². The highest BCUT2D eigenvalue weighted by molar-refractivity contribution is 9.10. The predicted octanol–water partition coefficient (Wildman–Crippen LogP) is 3.68. The van der Waals surface area contributed by atoms with Crippen LogP contribution < -0.4 is 0 Å². The highest BCUT2D eigenvalue weighted by Gasteiger charge is 2.08. The molecule has 88 valence electrons. The summed E-state index contributed by atoms with van der Waals surface area (Å²) in [6.07, 6.45) is 2.42. The lowest BCUT2D eigenvalue weighted by Gasteiger charge is -2.05. The minimum atomic E-state index is 0.474. The second kappa shape index (κ2) is 5.80. The van der Waals surface area contributed by atoms with Gasteiger partial charge >= 0.3 is 0 Å². The number of benzene rings is 1. The van der Waals surface area contributed by atoms with Gasteiger partial charge in [-0.05, 0) is 40.2 Å². The Morgan fingerprint density at radius 1 is 1.39 bits per heavy atom. The molecule has 0 radical (unpaired) electrons. The number of halogens is 1. The van der Waals surface area contributed by atoms with Crippen LogP contribution in [0, 0.1) is 11.3 Å². The van der Waals surface area contributed by atoms with Gasteiger partial charge in [-0.15, -0.1) is 0 Å². The van der Waals surface area contributed by atoms with Gasteiger partial charge in [0, 0.05) is 16.7 Å². The molecule has 0 unspecified atom stereocenters. The molecule has 1 aromatic heterocycles. The number of rotatable bonds is 3. The molecular weight excluding hydrogens is 312 g/mol. The summed E-state index contributed by atoms with van der Waals surface area (Å²) in [5.74, 6) is 0. The van der Waals surface area contributed by atoms with Crippen LogP contribution in [0.5, 0.6) is 0 Å². The molecule has 5 heteroatoms. The number of hydrogen-bond donors (Lipinski definition) is 0. The molecule has 0 spiro atoms. The molecule has 18 heavy (non-hydrogen) atoms. The minimum Gasteiger partial charge on any atom is -0.298 e. The Kier molecular flexibility index (Phi) is 4.13. The second-order valence-electron chi connectivity index (χ2n) is 3.38. The summed E-state index contributed by atoms with van der Waals surface area (Å²) in [5.41, 5.74) is 0.970. The highest BCUT2D eigenvalue weighted by Crippen LogP contribution is 2.33. The number of nitriles is 1. The molecule has 0 amide bonds. The summed E-state index contributed by atoms with van der Waals surface area (Å²) in [5, 5.41) is 9.86. The molecule has 0 aliphatic carbocycles. The number of carbonyl (C=O) groups excluding carboxylic acids is 1. The van der Waals surface area contributed by atoms with Crippen LogP contribution in [0.2, 0.25) is 0 Å². The molecule has 0 N–H and O–H groups in total. The van der Waals surface area contributed by atoms with Crippen molar-refractivity contribution in [2.24, 2.45) is 0 Å². The summed E-state index contributed by atoms with van der Waals surface area (Å²) in [4.78, 5) is 15.7. The van der Waals surface area contributed by atoms with Crippen molar-refractivity contribution < 1.29 is 4.79 Å². The van der Waals surface area contributed by atoms with Crippen molar-refractivity contribution in [1.29, 1.82) is 5.26 Å². The third-order valence-electron chi connectivity index (χ3n) is 2.19. The van der Waals surface area contributed by atoms with Crippen molar-refractivity contribution in [2.45, 2.75) is 9.92 Å². The van der Waals surface area contributed by atoms with E-state index in [1.807, 2.05) is 12.1 Å². The summed E-state index contributed by atoms with van der Waals surface area (Å²) in [6.45, 7) is 0. The number of nitrogens with zero attached hydrogens (tertiary/aromatic N) is 2. The molecule has 0 saturated carbocycles. The first-order valence-corrected chi connectivity index (χ1v) is 6.63. The van der Waals surface area contributed by atoms with Gasteiger partial charge in [0.25, 0.3) is 0 Å². The molecule has 2 aromatic rings. The Bertz CT molecular complexity index is 637. The average molecular weight is 319 g/mol. The lowest BCUT2D eigenvalue weighted by Crippen LogP contribution is -1.87. The number of carbonyl (C=O) groups is 1. The van der Waals surface area contributed by atoms with E-state index in [0.29, 0.717) is 11.1 Å². The van der Waals surface area contributed by atoms with Crippen molar-refractivity contribution in [3.05, 3.63) is 52.1 Å². The van der Waals surface area contributed by atoms with E-state index < -0.39 is 0 Å². The van der Waals surface area contributed by atoms with E-state index in [4.69, 9.17) is 5.26 Å². The number of pyridine rings is 1. The molecule has 0 aliphatic heterocycles. The van der Waals surface area contributed by atoms with E-state index in [-0.39, 0.29) is 0 Å². The SMILES string of the molecule is N#Cc1cc(C=O)ccc1Sc1ncccc1Br. The molecular formula is C13H7BrN2OS. The van der Waals surface area contributed by atoms with Gasteiger partial charge in [0.2, 0.25) is 0 Å². The molecule has 0 fully saturated rings. The molecule has 0 saturated heterocycles. The lowest BCUT2D eigenvalue weighted by molar-refractivity contribution is 0.112. The summed E-state index contributed by atoms with van der Waals surface area (Å²) in [6, 6.07) is 10.8. The Balaban J connectivity index is 2.38. The highest BCUT2D eigenvalue weighted by atomic mass is 79.9. The van der Waals surface area contributed by atoms with Crippen LogP contribution >= 0.6 is 27.7 Å². The summed E-state index contributed by atoms with van der Waals surface area (Å²) >= 11 is 4.79. The minimum absolute atomic E-state index is 0.474. The van der Waals surface area contributed by atoms with Crippen molar-refractivity contribution >= 4 is 34.0 Å². The first kappa shape index (κ1) is 12.8. The maximum Gasteiger partial charge on any atom is 0.150 e.